The molecule has 1 amide bonds. The molecule has 2 aromatic heterocycles. The molecule has 0 radical (unpaired) electrons. The molecule has 9 nitrogen and oxygen atoms in total. The van der Waals surface area contributed by atoms with Crippen LogP contribution in [0.5, 0.6) is 11.5 Å². The van der Waals surface area contributed by atoms with Gasteiger partial charge in [0, 0.05) is 40.5 Å². The van der Waals surface area contributed by atoms with Crippen molar-refractivity contribution < 1.29 is 18.7 Å². The number of anilines is 4. The molecule has 0 spiro atoms. The number of pyridine rings is 1. The highest BCUT2D eigenvalue weighted by atomic mass is 35.5. The fraction of sp³-hybridized carbons (Fsp3) is 0.118. The number of nitrogens with zero attached hydrogens (tertiary/aromatic N) is 3. The fourth-order valence-corrected chi connectivity index (χ4v) is 5.30. The quantitative estimate of drug-likeness (QED) is 0.149. The van der Waals surface area contributed by atoms with Crippen molar-refractivity contribution in [1.29, 1.82) is 0 Å². The van der Waals surface area contributed by atoms with Gasteiger partial charge in [0.1, 0.15) is 29.5 Å². The molecule has 0 unspecified atom stereocenters. The van der Waals surface area contributed by atoms with Gasteiger partial charge in [-0.05, 0) is 55.0 Å². The number of ether oxygens (including phenoxy) is 2. The van der Waals surface area contributed by atoms with Crippen molar-refractivity contribution in [3.63, 3.8) is 0 Å². The highest BCUT2D eigenvalue weighted by Crippen LogP contribution is 2.34. The van der Waals surface area contributed by atoms with E-state index in [1.54, 1.807) is 50.7 Å². The molecule has 226 valence electrons. The van der Waals surface area contributed by atoms with E-state index in [2.05, 4.69) is 30.9 Å². The molecule has 6 aromatic rings. The number of para-hydroxylation sites is 1. The molecule has 0 aliphatic heterocycles. The molecule has 0 aliphatic rings. The van der Waals surface area contributed by atoms with E-state index < -0.39 is 5.82 Å². The van der Waals surface area contributed by atoms with Gasteiger partial charge in [-0.2, -0.15) is 0 Å². The Bertz CT molecular complexity index is 2070. The number of methoxy groups -OCH3 is 2. The predicted octanol–water partition coefficient (Wildman–Crippen LogP) is 7.90. The minimum atomic E-state index is -0.575. The second kappa shape index (κ2) is 12.6. The van der Waals surface area contributed by atoms with Crippen molar-refractivity contribution in [3.8, 4) is 11.5 Å². The monoisotopic (exact) mass is 622 g/mol. The van der Waals surface area contributed by atoms with E-state index in [0.29, 0.717) is 57.2 Å². The minimum Gasteiger partial charge on any atom is -0.497 e. The SMILES string of the molecule is COc1ccc(CNc2ncnc3c(C(=O)Nc4c(C)ccc5c(Nc6cccc(Cl)c6F)nccc45)cccc23)c(OC)c1. The number of fused-ring (bicyclic) bond motifs is 2. The molecule has 45 heavy (non-hydrogen) atoms. The van der Waals surface area contributed by atoms with Crippen LogP contribution in [0, 0.1) is 12.7 Å². The van der Waals surface area contributed by atoms with Gasteiger partial charge in [-0.15, -0.1) is 0 Å². The Hall–Kier alpha value is -5.48. The maximum absolute atomic E-state index is 14.6. The van der Waals surface area contributed by atoms with Crippen LogP contribution in [0.4, 0.5) is 27.4 Å². The number of carbonyl (C=O) groups is 1. The third kappa shape index (κ3) is 5.87. The van der Waals surface area contributed by atoms with Gasteiger partial charge in [-0.1, -0.05) is 35.9 Å². The zero-order valence-electron chi connectivity index (χ0n) is 24.6. The number of hydrogen-bond acceptors (Lipinski definition) is 8. The van der Waals surface area contributed by atoms with Gasteiger partial charge in [-0.3, -0.25) is 4.79 Å². The number of rotatable bonds is 9. The van der Waals surface area contributed by atoms with E-state index in [-0.39, 0.29) is 16.6 Å². The molecule has 2 heterocycles. The first-order chi connectivity index (χ1) is 21.9. The summed E-state index contributed by atoms with van der Waals surface area (Å²) in [7, 11) is 3.21. The first kappa shape index (κ1) is 29.6. The molecule has 0 fully saturated rings. The average molecular weight is 623 g/mol. The molecular formula is C34H28ClFN6O3. The first-order valence-corrected chi connectivity index (χ1v) is 14.3. The largest absolute Gasteiger partial charge is 0.497 e. The molecule has 0 saturated heterocycles. The van der Waals surface area contributed by atoms with E-state index in [4.69, 9.17) is 21.1 Å². The van der Waals surface area contributed by atoms with Gasteiger partial charge in [0.15, 0.2) is 5.82 Å². The van der Waals surface area contributed by atoms with E-state index in [1.165, 1.54) is 12.4 Å². The Morgan fingerprint density at radius 1 is 0.889 bits per heavy atom. The Balaban J connectivity index is 1.30. The van der Waals surface area contributed by atoms with Crippen LogP contribution in [0.15, 0.2) is 85.3 Å². The predicted molar refractivity (Wildman–Crippen MR) is 176 cm³/mol. The summed E-state index contributed by atoms with van der Waals surface area (Å²) in [5.41, 5.74) is 3.42. The number of aromatic nitrogens is 3. The third-order valence-electron chi connectivity index (χ3n) is 7.45. The van der Waals surface area contributed by atoms with E-state index in [0.717, 1.165) is 16.5 Å². The van der Waals surface area contributed by atoms with Crippen LogP contribution in [0.3, 0.4) is 0 Å². The number of benzene rings is 4. The zero-order valence-corrected chi connectivity index (χ0v) is 25.4. The van der Waals surface area contributed by atoms with Crippen LogP contribution >= 0.6 is 11.6 Å². The number of halogens is 2. The molecule has 4 aromatic carbocycles. The topological polar surface area (TPSA) is 110 Å². The Kier molecular flexibility index (Phi) is 8.30. The van der Waals surface area contributed by atoms with Crippen LogP contribution < -0.4 is 25.4 Å². The number of amides is 1. The molecule has 0 atom stereocenters. The highest BCUT2D eigenvalue weighted by Gasteiger charge is 2.18. The van der Waals surface area contributed by atoms with Gasteiger partial charge in [0.2, 0.25) is 0 Å². The molecule has 0 saturated carbocycles. The van der Waals surface area contributed by atoms with Crippen LogP contribution in [0.2, 0.25) is 5.02 Å². The maximum Gasteiger partial charge on any atom is 0.257 e. The van der Waals surface area contributed by atoms with Crippen molar-refractivity contribution in [2.75, 3.05) is 30.2 Å². The lowest BCUT2D eigenvalue weighted by molar-refractivity contribution is 0.102. The highest BCUT2D eigenvalue weighted by molar-refractivity contribution is 6.31. The van der Waals surface area contributed by atoms with Crippen LogP contribution in [-0.2, 0) is 6.54 Å². The number of nitrogens with one attached hydrogen (secondary N) is 3. The summed E-state index contributed by atoms with van der Waals surface area (Å²) in [6.45, 7) is 2.33. The lowest BCUT2D eigenvalue weighted by Gasteiger charge is -2.16. The molecule has 3 N–H and O–H groups in total. The Labute approximate surface area is 263 Å². The van der Waals surface area contributed by atoms with Crippen LogP contribution in [-0.4, -0.2) is 35.1 Å². The van der Waals surface area contributed by atoms with Gasteiger partial charge in [0.25, 0.3) is 5.91 Å². The number of hydrogen-bond donors (Lipinski definition) is 3. The molecule has 0 bridgehead atoms. The number of carbonyl (C=O) groups excluding carboxylic acids is 1. The van der Waals surface area contributed by atoms with E-state index in [9.17, 15) is 9.18 Å². The van der Waals surface area contributed by atoms with Crippen LogP contribution in [0.1, 0.15) is 21.5 Å². The van der Waals surface area contributed by atoms with E-state index in [1.807, 2.05) is 43.3 Å². The van der Waals surface area contributed by atoms with Crippen molar-refractivity contribution in [3.05, 3.63) is 113 Å². The molecule has 11 heteroatoms. The summed E-state index contributed by atoms with van der Waals surface area (Å²) in [6, 6.07) is 21.2. The standard InChI is InChI=1S/C34H28ClFN6O3/c1-19-10-13-23-22(14-15-37-33(23)41-27-9-5-8-26(35)29(27)36)30(19)42-34(43)25-7-4-6-24-31(25)39-18-40-32(24)38-17-20-11-12-21(44-2)16-28(20)45-3/h4-16,18H,17H2,1-3H3,(H,37,41)(H,42,43)(H,38,39,40). The number of aryl methyl sites for hydroxylation is 1. The van der Waals surface area contributed by atoms with Gasteiger partial charge in [-0.25, -0.2) is 19.3 Å². The summed E-state index contributed by atoms with van der Waals surface area (Å²) < 4.78 is 25.5. The fourth-order valence-electron chi connectivity index (χ4n) is 5.13. The molecular weight excluding hydrogens is 595 g/mol. The summed E-state index contributed by atoms with van der Waals surface area (Å²) in [5, 5.41) is 11.6. The zero-order chi connectivity index (χ0) is 31.5. The smallest absolute Gasteiger partial charge is 0.257 e. The van der Waals surface area contributed by atoms with Gasteiger partial charge >= 0.3 is 0 Å². The van der Waals surface area contributed by atoms with Crippen molar-refractivity contribution >= 4 is 62.2 Å². The second-order valence-corrected chi connectivity index (χ2v) is 10.6. The average Bonchev–Trinajstić information content (AvgIpc) is 3.06. The summed E-state index contributed by atoms with van der Waals surface area (Å²) in [5.74, 6) is 1.45. The van der Waals surface area contributed by atoms with Crippen molar-refractivity contribution in [1.82, 2.24) is 15.0 Å². The molecule has 6 rings (SSSR count). The van der Waals surface area contributed by atoms with Gasteiger partial charge < -0.3 is 25.4 Å². The van der Waals surface area contributed by atoms with Crippen molar-refractivity contribution in [2.24, 2.45) is 0 Å². The Morgan fingerprint density at radius 3 is 2.56 bits per heavy atom. The summed E-state index contributed by atoms with van der Waals surface area (Å²) >= 11 is 5.97. The lowest BCUT2D eigenvalue weighted by atomic mass is 10.0. The van der Waals surface area contributed by atoms with E-state index >= 15 is 0 Å². The molecule has 0 aliphatic carbocycles. The minimum absolute atomic E-state index is 0.00162. The second-order valence-electron chi connectivity index (χ2n) is 10.1. The van der Waals surface area contributed by atoms with Crippen LogP contribution in [0.25, 0.3) is 21.7 Å². The van der Waals surface area contributed by atoms with Gasteiger partial charge in [0.05, 0.1) is 41.7 Å². The van der Waals surface area contributed by atoms with Crippen molar-refractivity contribution in [2.45, 2.75) is 13.5 Å². The maximum atomic E-state index is 14.6. The normalized spacial score (nSPS) is 11.0. The first-order valence-electron chi connectivity index (χ1n) is 14.0. The summed E-state index contributed by atoms with van der Waals surface area (Å²) in [4.78, 5) is 27.1. The Morgan fingerprint density at radius 2 is 1.73 bits per heavy atom. The third-order valence-corrected chi connectivity index (χ3v) is 7.74. The lowest BCUT2D eigenvalue weighted by Crippen LogP contribution is -2.14. The summed E-state index contributed by atoms with van der Waals surface area (Å²) in [6.07, 6.45) is 3.03.